The quantitative estimate of drug-likeness (QED) is 0.118. The molecule has 0 aromatic heterocycles. The lowest BCUT2D eigenvalue weighted by molar-refractivity contribution is -0.123. The number of carboxylic acid groups (broad SMARTS) is 1. The minimum atomic E-state index is -0.250. The summed E-state index contributed by atoms with van der Waals surface area (Å²) in [6.07, 6.45) is 18.4. The van der Waals surface area contributed by atoms with E-state index >= 15 is 0 Å². The van der Waals surface area contributed by atoms with Gasteiger partial charge >= 0.3 is 0 Å². The molecule has 0 saturated heterocycles. The zero-order valence-electron chi connectivity index (χ0n) is 23.9. The number of aliphatic imine (C=N–C) groups is 2. The van der Waals surface area contributed by atoms with Gasteiger partial charge in [-0.15, -0.1) is 0 Å². The van der Waals surface area contributed by atoms with E-state index in [-0.39, 0.29) is 12.3 Å². The zero-order valence-corrected chi connectivity index (χ0v) is 23.9. The highest BCUT2D eigenvalue weighted by molar-refractivity contribution is 6.11. The van der Waals surface area contributed by atoms with Crippen LogP contribution in [0.25, 0.3) is 0 Å². The number of unbranched alkanes of at least 4 members (excludes halogenated alkanes) is 3. The second-order valence-corrected chi connectivity index (χ2v) is 8.61. The summed E-state index contributed by atoms with van der Waals surface area (Å²) in [6, 6.07) is 15.6. The van der Waals surface area contributed by atoms with E-state index in [1.54, 1.807) is 37.5 Å². The maximum Gasteiger partial charge on any atom is 0.290 e. The third-order valence-electron chi connectivity index (χ3n) is 5.52. The predicted molar refractivity (Wildman–Crippen MR) is 163 cm³/mol. The molecule has 0 aliphatic rings. The number of hydrogen-bond acceptors (Lipinski definition) is 5. The van der Waals surface area contributed by atoms with Gasteiger partial charge in [-0.2, -0.15) is 0 Å². The second-order valence-electron chi connectivity index (χ2n) is 8.61. The first-order valence-electron chi connectivity index (χ1n) is 13.5. The fourth-order valence-electron chi connectivity index (χ4n) is 3.52. The molecule has 0 aliphatic carbocycles. The first-order valence-corrected chi connectivity index (χ1v) is 13.5. The number of ketones is 1. The van der Waals surface area contributed by atoms with Gasteiger partial charge in [-0.1, -0.05) is 87.7 Å². The number of rotatable bonds is 14. The summed E-state index contributed by atoms with van der Waals surface area (Å²) < 4.78 is 0. The summed E-state index contributed by atoms with van der Waals surface area (Å²) in [7, 11) is 1.69. The van der Waals surface area contributed by atoms with E-state index in [1.165, 1.54) is 36.8 Å². The lowest BCUT2D eigenvalue weighted by Crippen LogP contribution is -2.01. The van der Waals surface area contributed by atoms with Gasteiger partial charge in [0.15, 0.2) is 5.78 Å². The molecule has 0 fully saturated rings. The molecule has 2 aromatic rings. The van der Waals surface area contributed by atoms with Crippen molar-refractivity contribution in [3.8, 4) is 0 Å². The van der Waals surface area contributed by atoms with E-state index < -0.39 is 0 Å². The average molecular weight is 533 g/mol. The molecule has 0 unspecified atom stereocenters. The van der Waals surface area contributed by atoms with Gasteiger partial charge in [0.2, 0.25) is 0 Å². The molecular formula is C33H44N2O4. The SMILES string of the molecule is CC=N/C=C\CCCCC.CCCc1cccc(CCC(=O)/C=C\C(=NC)c2ccc(C=O)cc2)c1.O=CO. The molecule has 2 aromatic carbocycles. The Hall–Kier alpha value is -3.93. The number of aryl methyl sites for hydroxylation is 2. The summed E-state index contributed by atoms with van der Waals surface area (Å²) in [6.45, 7) is 6.06. The topological polar surface area (TPSA) is 96.2 Å². The van der Waals surface area contributed by atoms with Gasteiger partial charge in [0, 0.05) is 31.4 Å². The summed E-state index contributed by atoms with van der Waals surface area (Å²) in [5, 5.41) is 6.89. The summed E-state index contributed by atoms with van der Waals surface area (Å²) in [4.78, 5) is 39.5. The van der Waals surface area contributed by atoms with Crippen LogP contribution in [0, 0.1) is 0 Å². The van der Waals surface area contributed by atoms with Crippen LogP contribution in [0.5, 0.6) is 0 Å². The molecule has 0 heterocycles. The Bertz CT molecular complexity index is 1070. The van der Waals surface area contributed by atoms with Crippen LogP contribution in [-0.4, -0.2) is 42.6 Å². The van der Waals surface area contributed by atoms with Crippen LogP contribution in [0.1, 0.15) is 86.3 Å². The molecule has 0 aliphatic heterocycles. The van der Waals surface area contributed by atoms with Gasteiger partial charge in [0.1, 0.15) is 6.29 Å². The van der Waals surface area contributed by atoms with E-state index in [0.717, 1.165) is 36.8 Å². The van der Waals surface area contributed by atoms with Gasteiger partial charge in [-0.25, -0.2) is 0 Å². The minimum Gasteiger partial charge on any atom is -0.483 e. The van der Waals surface area contributed by atoms with Gasteiger partial charge in [0.25, 0.3) is 6.47 Å². The number of carbonyl (C=O) groups is 3. The lowest BCUT2D eigenvalue weighted by Gasteiger charge is -2.04. The molecule has 39 heavy (non-hydrogen) atoms. The van der Waals surface area contributed by atoms with Gasteiger partial charge < -0.3 is 5.11 Å². The first kappa shape index (κ1) is 35.1. The number of carbonyl (C=O) groups excluding carboxylic acids is 2. The molecule has 0 atom stereocenters. The lowest BCUT2D eigenvalue weighted by atomic mass is 10.0. The Balaban J connectivity index is 0.000000928. The average Bonchev–Trinajstić information content (AvgIpc) is 2.96. The molecule has 1 N–H and O–H groups in total. The zero-order chi connectivity index (χ0) is 29.1. The van der Waals surface area contributed by atoms with Crippen LogP contribution >= 0.6 is 0 Å². The van der Waals surface area contributed by atoms with Crippen molar-refractivity contribution in [3.63, 3.8) is 0 Å². The Morgan fingerprint density at radius 2 is 1.59 bits per heavy atom. The number of allylic oxidation sites excluding steroid dienone is 3. The van der Waals surface area contributed by atoms with E-state index in [1.807, 2.05) is 25.3 Å². The molecule has 2 rings (SSSR count). The van der Waals surface area contributed by atoms with Gasteiger partial charge in [0.05, 0.1) is 5.71 Å². The molecule has 0 radical (unpaired) electrons. The van der Waals surface area contributed by atoms with Crippen LogP contribution in [0.2, 0.25) is 0 Å². The molecule has 0 amide bonds. The highest BCUT2D eigenvalue weighted by Gasteiger charge is 2.03. The Morgan fingerprint density at radius 3 is 2.15 bits per heavy atom. The summed E-state index contributed by atoms with van der Waals surface area (Å²) >= 11 is 0. The van der Waals surface area contributed by atoms with Crippen molar-refractivity contribution in [2.75, 3.05) is 7.05 Å². The highest BCUT2D eigenvalue weighted by Crippen LogP contribution is 2.11. The van der Waals surface area contributed by atoms with E-state index in [9.17, 15) is 9.59 Å². The van der Waals surface area contributed by atoms with Crippen molar-refractivity contribution in [1.29, 1.82) is 0 Å². The smallest absolute Gasteiger partial charge is 0.290 e. The van der Waals surface area contributed by atoms with Crippen molar-refractivity contribution in [2.45, 2.75) is 72.1 Å². The van der Waals surface area contributed by atoms with Crippen molar-refractivity contribution >= 4 is 30.5 Å². The van der Waals surface area contributed by atoms with Crippen LogP contribution in [0.3, 0.4) is 0 Å². The number of hydrogen-bond donors (Lipinski definition) is 1. The fraction of sp³-hybridized carbons (Fsp3) is 0.364. The molecule has 0 bridgehead atoms. The maximum absolute atomic E-state index is 12.2. The van der Waals surface area contributed by atoms with Crippen LogP contribution in [-0.2, 0) is 22.4 Å². The molecule has 6 heteroatoms. The van der Waals surface area contributed by atoms with Crippen molar-refractivity contribution in [3.05, 3.63) is 95.2 Å². The van der Waals surface area contributed by atoms with Gasteiger partial charge in [-0.05, 0) is 61.4 Å². The molecular weight excluding hydrogens is 488 g/mol. The molecule has 6 nitrogen and oxygen atoms in total. The Kier molecular flexibility index (Phi) is 21.9. The largest absolute Gasteiger partial charge is 0.483 e. The monoisotopic (exact) mass is 532 g/mol. The molecule has 0 spiro atoms. The second kappa shape index (κ2) is 24.4. The standard InChI is InChI=1S/C23H25NO2.C9H17N.CH2O2/c1-3-5-18-6-4-7-19(16-18)10-13-22(26)14-15-23(24-2)21-11-8-20(17-25)9-12-21;1-3-5-6-7-8-9-10-4-2;2-1-3/h4,6-9,11-12,14-17H,3,5,10,13H2,1-2H3;4,8-9H,3,5-7H2,1-2H3;1H,(H,2,3)/b15-14-,24-23?;9-8-,10-4?;. The van der Waals surface area contributed by atoms with Crippen molar-refractivity contribution < 1.29 is 19.5 Å². The number of benzene rings is 2. The van der Waals surface area contributed by atoms with Crippen LogP contribution in [0.15, 0.2) is 82.9 Å². The van der Waals surface area contributed by atoms with Crippen molar-refractivity contribution in [1.82, 2.24) is 0 Å². The first-order chi connectivity index (χ1) is 19.0. The van der Waals surface area contributed by atoms with Crippen LogP contribution in [0.4, 0.5) is 0 Å². The normalized spacial score (nSPS) is 11.1. The minimum absolute atomic E-state index is 0.0801. The Morgan fingerprint density at radius 1 is 0.923 bits per heavy atom. The molecule has 210 valence electrons. The van der Waals surface area contributed by atoms with E-state index in [2.05, 4.69) is 54.2 Å². The van der Waals surface area contributed by atoms with E-state index in [4.69, 9.17) is 9.90 Å². The summed E-state index contributed by atoms with van der Waals surface area (Å²) in [5.41, 5.74) is 4.75. The van der Waals surface area contributed by atoms with Gasteiger partial charge in [-0.3, -0.25) is 24.4 Å². The third-order valence-corrected chi connectivity index (χ3v) is 5.52. The van der Waals surface area contributed by atoms with Crippen LogP contribution < -0.4 is 0 Å². The van der Waals surface area contributed by atoms with E-state index in [0.29, 0.717) is 12.0 Å². The Labute approximate surface area is 234 Å². The van der Waals surface area contributed by atoms with Crippen molar-refractivity contribution in [2.24, 2.45) is 9.98 Å². The molecule has 0 saturated carbocycles. The fourth-order valence-corrected chi connectivity index (χ4v) is 3.52. The number of nitrogens with zero attached hydrogens (tertiary/aromatic N) is 2. The highest BCUT2D eigenvalue weighted by atomic mass is 16.3. The summed E-state index contributed by atoms with van der Waals surface area (Å²) in [5.74, 6) is 0.0801. The maximum atomic E-state index is 12.2. The third kappa shape index (κ3) is 18.0. The number of aldehydes is 1. The predicted octanol–water partition coefficient (Wildman–Crippen LogP) is 7.50.